The van der Waals surface area contributed by atoms with Gasteiger partial charge in [0.25, 0.3) is 0 Å². The van der Waals surface area contributed by atoms with Crippen LogP contribution in [0.25, 0.3) is 0 Å². The van der Waals surface area contributed by atoms with Gasteiger partial charge < -0.3 is 15.3 Å². The number of aliphatic carboxylic acids is 1. The molecule has 1 aliphatic rings. The first kappa shape index (κ1) is 15.8. The van der Waals surface area contributed by atoms with Crippen molar-refractivity contribution in [1.82, 2.24) is 15.2 Å². The highest BCUT2D eigenvalue weighted by molar-refractivity contribution is 7.09. The molecule has 21 heavy (non-hydrogen) atoms. The van der Waals surface area contributed by atoms with Gasteiger partial charge in [-0.3, -0.25) is 4.79 Å². The Morgan fingerprint density at radius 3 is 3.10 bits per heavy atom. The standard InChI is InChI=1S/C14H21N3O3S/c1-10(13-15-5-7-21-13)8-16-14(20)17-6-4-11(9-17)2-3-12(18)19/h5,7,10-11H,2-4,6,8-9H2,1H3,(H,16,20)(H,18,19). The number of carbonyl (C=O) groups excluding carboxylic acids is 1. The van der Waals surface area contributed by atoms with E-state index in [1.54, 1.807) is 22.4 Å². The van der Waals surface area contributed by atoms with Crippen molar-refractivity contribution in [3.8, 4) is 0 Å². The van der Waals surface area contributed by atoms with Gasteiger partial charge >= 0.3 is 12.0 Å². The molecule has 0 radical (unpaired) electrons. The Kier molecular flexibility index (Phi) is 5.55. The molecule has 2 rings (SSSR count). The first-order valence-electron chi connectivity index (χ1n) is 7.20. The molecule has 2 N–H and O–H groups in total. The molecule has 0 bridgehead atoms. The van der Waals surface area contributed by atoms with Crippen LogP contribution in [0.3, 0.4) is 0 Å². The van der Waals surface area contributed by atoms with Gasteiger partial charge in [-0.25, -0.2) is 9.78 Å². The molecule has 0 aromatic carbocycles. The highest BCUT2D eigenvalue weighted by Crippen LogP contribution is 2.21. The summed E-state index contributed by atoms with van der Waals surface area (Å²) in [6, 6.07) is -0.0590. The molecule has 1 aliphatic heterocycles. The van der Waals surface area contributed by atoms with E-state index in [9.17, 15) is 9.59 Å². The average Bonchev–Trinajstić information content (AvgIpc) is 3.12. The van der Waals surface area contributed by atoms with Crippen LogP contribution in [-0.4, -0.2) is 46.6 Å². The quantitative estimate of drug-likeness (QED) is 0.843. The van der Waals surface area contributed by atoms with Gasteiger partial charge in [-0.1, -0.05) is 6.92 Å². The van der Waals surface area contributed by atoms with Crippen LogP contribution >= 0.6 is 11.3 Å². The van der Waals surface area contributed by atoms with Crippen LogP contribution in [-0.2, 0) is 4.79 Å². The maximum Gasteiger partial charge on any atom is 0.317 e. The Hall–Kier alpha value is -1.63. The molecule has 2 heterocycles. The van der Waals surface area contributed by atoms with E-state index < -0.39 is 5.97 Å². The lowest BCUT2D eigenvalue weighted by Crippen LogP contribution is -2.40. The molecular formula is C14H21N3O3S. The molecule has 1 aromatic heterocycles. The zero-order chi connectivity index (χ0) is 15.2. The molecular weight excluding hydrogens is 290 g/mol. The van der Waals surface area contributed by atoms with Crippen LogP contribution in [0, 0.1) is 5.92 Å². The van der Waals surface area contributed by atoms with Crippen LogP contribution in [0.5, 0.6) is 0 Å². The van der Waals surface area contributed by atoms with Gasteiger partial charge in [0.1, 0.15) is 0 Å². The minimum absolute atomic E-state index is 0.0590. The monoisotopic (exact) mass is 311 g/mol. The number of thiazole rings is 1. The van der Waals surface area contributed by atoms with Gasteiger partial charge in [0.05, 0.1) is 5.01 Å². The van der Waals surface area contributed by atoms with Gasteiger partial charge in [0.15, 0.2) is 0 Å². The summed E-state index contributed by atoms with van der Waals surface area (Å²) in [6.45, 7) is 3.98. The number of carbonyl (C=O) groups is 2. The zero-order valence-corrected chi connectivity index (χ0v) is 12.9. The number of aromatic nitrogens is 1. The van der Waals surface area contributed by atoms with E-state index in [-0.39, 0.29) is 18.4 Å². The molecule has 0 saturated carbocycles. The van der Waals surface area contributed by atoms with Gasteiger partial charge in [0.2, 0.25) is 0 Å². The predicted octanol–water partition coefficient (Wildman–Crippen LogP) is 2.14. The fourth-order valence-corrected chi connectivity index (χ4v) is 3.20. The molecule has 1 saturated heterocycles. The number of carboxylic acids is 1. The Morgan fingerprint density at radius 1 is 1.62 bits per heavy atom. The van der Waals surface area contributed by atoms with E-state index in [2.05, 4.69) is 10.3 Å². The van der Waals surface area contributed by atoms with Crippen LogP contribution in [0.1, 0.15) is 37.1 Å². The SMILES string of the molecule is CC(CNC(=O)N1CCC(CCC(=O)O)C1)c1nccs1. The topological polar surface area (TPSA) is 82.5 Å². The second kappa shape index (κ2) is 7.40. The van der Waals surface area contributed by atoms with E-state index in [0.29, 0.717) is 32.0 Å². The molecule has 0 spiro atoms. The maximum atomic E-state index is 12.1. The number of hydrogen-bond donors (Lipinski definition) is 2. The second-order valence-electron chi connectivity index (χ2n) is 5.49. The molecule has 116 valence electrons. The van der Waals surface area contributed by atoms with Crippen molar-refractivity contribution in [3.05, 3.63) is 16.6 Å². The molecule has 2 atom stereocenters. The number of rotatable bonds is 6. The largest absolute Gasteiger partial charge is 0.481 e. The summed E-state index contributed by atoms with van der Waals surface area (Å²) in [6.07, 6.45) is 3.49. The van der Waals surface area contributed by atoms with E-state index in [4.69, 9.17) is 5.11 Å². The second-order valence-corrected chi connectivity index (χ2v) is 6.42. The summed E-state index contributed by atoms with van der Waals surface area (Å²) < 4.78 is 0. The number of likely N-dealkylation sites (tertiary alicyclic amines) is 1. The van der Waals surface area contributed by atoms with Gasteiger partial charge in [0, 0.05) is 43.5 Å². The zero-order valence-electron chi connectivity index (χ0n) is 12.1. The molecule has 7 heteroatoms. The molecule has 6 nitrogen and oxygen atoms in total. The highest BCUT2D eigenvalue weighted by atomic mass is 32.1. The van der Waals surface area contributed by atoms with Crippen molar-refractivity contribution in [2.75, 3.05) is 19.6 Å². The number of carboxylic acid groups (broad SMARTS) is 1. The van der Waals surface area contributed by atoms with Crippen molar-refractivity contribution >= 4 is 23.3 Å². The van der Waals surface area contributed by atoms with Crippen molar-refractivity contribution in [2.24, 2.45) is 5.92 Å². The lowest BCUT2D eigenvalue weighted by Gasteiger charge is -2.18. The van der Waals surface area contributed by atoms with E-state index in [1.807, 2.05) is 12.3 Å². The summed E-state index contributed by atoms with van der Waals surface area (Å²) in [5, 5.41) is 14.6. The molecule has 1 aromatic rings. The Balaban J connectivity index is 1.71. The normalized spacial score (nSPS) is 19.5. The molecule has 0 aliphatic carbocycles. The highest BCUT2D eigenvalue weighted by Gasteiger charge is 2.26. The summed E-state index contributed by atoms with van der Waals surface area (Å²) >= 11 is 1.59. The molecule has 2 amide bonds. The third-order valence-electron chi connectivity index (χ3n) is 3.77. The average molecular weight is 311 g/mol. The van der Waals surface area contributed by atoms with Crippen molar-refractivity contribution < 1.29 is 14.7 Å². The predicted molar refractivity (Wildman–Crippen MR) is 80.5 cm³/mol. The number of hydrogen-bond acceptors (Lipinski definition) is 4. The lowest BCUT2D eigenvalue weighted by atomic mass is 10.0. The van der Waals surface area contributed by atoms with Crippen LogP contribution in [0.4, 0.5) is 4.79 Å². The van der Waals surface area contributed by atoms with Crippen molar-refractivity contribution in [1.29, 1.82) is 0 Å². The lowest BCUT2D eigenvalue weighted by molar-refractivity contribution is -0.137. The third kappa shape index (κ3) is 4.70. The number of nitrogens with zero attached hydrogens (tertiary/aromatic N) is 2. The van der Waals surface area contributed by atoms with E-state index in [1.165, 1.54) is 0 Å². The van der Waals surface area contributed by atoms with Crippen molar-refractivity contribution in [3.63, 3.8) is 0 Å². The summed E-state index contributed by atoms with van der Waals surface area (Å²) in [5.74, 6) is -0.252. The summed E-state index contributed by atoms with van der Waals surface area (Å²) in [4.78, 5) is 28.7. The van der Waals surface area contributed by atoms with E-state index >= 15 is 0 Å². The Labute approximate surface area is 128 Å². The maximum absolute atomic E-state index is 12.1. The fourth-order valence-electron chi connectivity index (χ4n) is 2.50. The first-order chi connectivity index (χ1) is 10.1. The van der Waals surface area contributed by atoms with Gasteiger partial charge in [-0.15, -0.1) is 11.3 Å². The first-order valence-corrected chi connectivity index (χ1v) is 8.08. The summed E-state index contributed by atoms with van der Waals surface area (Å²) in [5.41, 5.74) is 0. The van der Waals surface area contributed by atoms with E-state index in [0.717, 1.165) is 11.4 Å². The summed E-state index contributed by atoms with van der Waals surface area (Å²) in [7, 11) is 0. The number of urea groups is 1. The smallest absolute Gasteiger partial charge is 0.317 e. The Bertz CT molecular complexity index is 478. The minimum atomic E-state index is -0.768. The minimum Gasteiger partial charge on any atom is -0.481 e. The van der Waals surface area contributed by atoms with Gasteiger partial charge in [-0.2, -0.15) is 0 Å². The number of amides is 2. The molecule has 1 fully saturated rings. The number of nitrogens with one attached hydrogen (secondary N) is 1. The third-order valence-corrected chi connectivity index (χ3v) is 4.78. The van der Waals surface area contributed by atoms with Crippen LogP contribution in [0.2, 0.25) is 0 Å². The van der Waals surface area contributed by atoms with Crippen LogP contribution in [0.15, 0.2) is 11.6 Å². The Morgan fingerprint density at radius 2 is 2.43 bits per heavy atom. The van der Waals surface area contributed by atoms with Crippen molar-refractivity contribution in [2.45, 2.75) is 32.1 Å². The van der Waals surface area contributed by atoms with Gasteiger partial charge in [-0.05, 0) is 18.8 Å². The van der Waals surface area contributed by atoms with Crippen LogP contribution < -0.4 is 5.32 Å². The fraction of sp³-hybridized carbons (Fsp3) is 0.643. The molecule has 2 unspecified atom stereocenters.